The molecule has 0 saturated carbocycles. The Kier molecular flexibility index (Phi) is 6.02. The molecule has 9 heteroatoms. The molecule has 4 rings (SSSR count). The zero-order valence-electron chi connectivity index (χ0n) is 17.5. The van der Waals surface area contributed by atoms with E-state index in [1.165, 1.54) is 18.9 Å². The highest BCUT2D eigenvalue weighted by Gasteiger charge is 2.31. The molecule has 3 heterocycles. The molecular weight excluding hydrogens is 407 g/mol. The van der Waals surface area contributed by atoms with Crippen LogP contribution in [0.5, 0.6) is 0 Å². The van der Waals surface area contributed by atoms with Gasteiger partial charge in [0.15, 0.2) is 0 Å². The molecule has 0 spiro atoms. The zero-order valence-corrected chi connectivity index (χ0v) is 17.5. The van der Waals surface area contributed by atoms with Crippen LogP contribution in [0.1, 0.15) is 29.8 Å². The van der Waals surface area contributed by atoms with Gasteiger partial charge in [0, 0.05) is 45.3 Å². The van der Waals surface area contributed by atoms with E-state index in [9.17, 15) is 18.0 Å². The number of halogens is 3. The van der Waals surface area contributed by atoms with Gasteiger partial charge in [-0.25, -0.2) is 9.97 Å². The molecule has 0 radical (unpaired) electrons. The van der Waals surface area contributed by atoms with Crippen molar-refractivity contribution in [3.05, 3.63) is 47.3 Å². The zero-order chi connectivity index (χ0) is 22.0. The topological polar surface area (TPSA) is 52.6 Å². The third-order valence-electron chi connectivity index (χ3n) is 5.81. The van der Waals surface area contributed by atoms with Crippen LogP contribution in [0.2, 0.25) is 0 Å². The van der Waals surface area contributed by atoms with Gasteiger partial charge in [-0.2, -0.15) is 13.2 Å². The minimum atomic E-state index is -4.41. The minimum Gasteiger partial charge on any atom is -0.356 e. The number of amides is 1. The third kappa shape index (κ3) is 5.08. The number of hydrogen-bond acceptors (Lipinski definition) is 5. The molecule has 1 aromatic carbocycles. The summed E-state index contributed by atoms with van der Waals surface area (Å²) in [6, 6.07) is 6.99. The summed E-state index contributed by atoms with van der Waals surface area (Å²) >= 11 is 0. The lowest BCUT2D eigenvalue weighted by Crippen LogP contribution is -2.49. The molecule has 2 aromatic rings. The summed E-state index contributed by atoms with van der Waals surface area (Å²) in [7, 11) is 0. The Morgan fingerprint density at radius 2 is 1.55 bits per heavy atom. The van der Waals surface area contributed by atoms with Crippen molar-refractivity contribution >= 4 is 17.5 Å². The van der Waals surface area contributed by atoms with E-state index < -0.39 is 11.7 Å². The molecule has 6 nitrogen and oxygen atoms in total. The Morgan fingerprint density at radius 1 is 0.935 bits per heavy atom. The van der Waals surface area contributed by atoms with Crippen molar-refractivity contribution in [2.24, 2.45) is 0 Å². The Balaban J connectivity index is 1.37. The van der Waals surface area contributed by atoms with E-state index in [0.29, 0.717) is 31.7 Å². The number of anilines is 2. The lowest BCUT2D eigenvalue weighted by Gasteiger charge is -2.36. The largest absolute Gasteiger partial charge is 0.416 e. The van der Waals surface area contributed by atoms with Crippen LogP contribution >= 0.6 is 0 Å². The van der Waals surface area contributed by atoms with Crippen LogP contribution in [0, 0.1) is 6.92 Å². The molecule has 0 aliphatic carbocycles. The fourth-order valence-corrected chi connectivity index (χ4v) is 4.14. The number of carbonyl (C=O) groups excluding carboxylic acids is 1. The second-order valence-corrected chi connectivity index (χ2v) is 8.07. The number of rotatable bonds is 4. The van der Waals surface area contributed by atoms with Gasteiger partial charge in [-0.15, -0.1) is 0 Å². The van der Waals surface area contributed by atoms with Crippen LogP contribution in [0.25, 0.3) is 0 Å². The van der Waals surface area contributed by atoms with E-state index in [1.54, 1.807) is 11.0 Å². The molecule has 1 amide bonds. The van der Waals surface area contributed by atoms with E-state index in [1.807, 2.05) is 13.0 Å². The number of aromatic nitrogens is 2. The van der Waals surface area contributed by atoms with Crippen LogP contribution < -0.4 is 9.80 Å². The summed E-state index contributed by atoms with van der Waals surface area (Å²) < 4.78 is 38.7. The van der Waals surface area contributed by atoms with Crippen LogP contribution in [-0.2, 0) is 17.4 Å². The number of nitrogens with zero attached hydrogens (tertiary/aromatic N) is 5. The molecule has 1 aromatic heterocycles. The second-order valence-electron chi connectivity index (χ2n) is 8.07. The summed E-state index contributed by atoms with van der Waals surface area (Å²) in [6.45, 7) is 6.19. The average molecular weight is 433 g/mol. The lowest BCUT2D eigenvalue weighted by molar-refractivity contribution is -0.138. The summed E-state index contributed by atoms with van der Waals surface area (Å²) in [5.41, 5.74) is -0.348. The number of aryl methyl sites for hydroxylation is 1. The summed E-state index contributed by atoms with van der Waals surface area (Å²) in [5.74, 6) is 2.38. The van der Waals surface area contributed by atoms with Crippen molar-refractivity contribution < 1.29 is 18.0 Å². The SMILES string of the molecule is Cc1nc(N2CCCC2)cc(N2CCN(C(=O)Cc3cccc(C(F)(F)F)c3)CC2)n1. The van der Waals surface area contributed by atoms with Crippen LogP contribution in [0.4, 0.5) is 24.8 Å². The number of alkyl halides is 3. The maximum Gasteiger partial charge on any atom is 0.416 e. The lowest BCUT2D eigenvalue weighted by atomic mass is 10.1. The normalized spacial score (nSPS) is 17.4. The Hall–Kier alpha value is -2.84. The van der Waals surface area contributed by atoms with Gasteiger partial charge in [0.1, 0.15) is 17.5 Å². The predicted molar refractivity (Wildman–Crippen MR) is 112 cm³/mol. The Morgan fingerprint density at radius 3 is 2.16 bits per heavy atom. The molecule has 31 heavy (non-hydrogen) atoms. The first-order valence-corrected chi connectivity index (χ1v) is 10.6. The van der Waals surface area contributed by atoms with Gasteiger partial charge in [0.2, 0.25) is 5.91 Å². The van der Waals surface area contributed by atoms with Crippen LogP contribution in [0.3, 0.4) is 0 Å². The highest BCUT2D eigenvalue weighted by atomic mass is 19.4. The van der Waals surface area contributed by atoms with Crippen molar-refractivity contribution in [3.63, 3.8) is 0 Å². The molecule has 0 N–H and O–H groups in total. The fraction of sp³-hybridized carbons (Fsp3) is 0.500. The molecule has 2 saturated heterocycles. The molecule has 166 valence electrons. The second kappa shape index (κ2) is 8.72. The highest BCUT2D eigenvalue weighted by molar-refractivity contribution is 5.79. The minimum absolute atomic E-state index is 0.0321. The standard InChI is InChI=1S/C22H26F3N5O/c1-16-26-19(28-7-2-3-8-28)15-20(27-16)29-9-11-30(12-10-29)21(31)14-17-5-4-6-18(13-17)22(23,24)25/h4-6,13,15H,2-3,7-12,14H2,1H3. The van der Waals surface area contributed by atoms with Gasteiger partial charge in [0.05, 0.1) is 12.0 Å². The van der Waals surface area contributed by atoms with Gasteiger partial charge in [0.25, 0.3) is 0 Å². The average Bonchev–Trinajstić information content (AvgIpc) is 3.28. The molecule has 0 atom stereocenters. The molecule has 2 aliphatic rings. The van der Waals surface area contributed by atoms with E-state index in [4.69, 9.17) is 0 Å². The van der Waals surface area contributed by atoms with E-state index in [0.717, 1.165) is 42.7 Å². The maximum atomic E-state index is 12.9. The first-order chi connectivity index (χ1) is 14.8. The quantitative estimate of drug-likeness (QED) is 0.741. The van der Waals surface area contributed by atoms with Crippen molar-refractivity contribution in [3.8, 4) is 0 Å². The van der Waals surface area contributed by atoms with E-state index in [-0.39, 0.29) is 12.3 Å². The number of benzene rings is 1. The van der Waals surface area contributed by atoms with Crippen molar-refractivity contribution in [1.82, 2.24) is 14.9 Å². The van der Waals surface area contributed by atoms with Crippen molar-refractivity contribution in [2.75, 3.05) is 49.1 Å². The maximum absolute atomic E-state index is 12.9. The molecular formula is C22H26F3N5O. The van der Waals surface area contributed by atoms with E-state index in [2.05, 4.69) is 19.8 Å². The first kappa shape index (κ1) is 21.4. The highest BCUT2D eigenvalue weighted by Crippen LogP contribution is 2.30. The summed E-state index contributed by atoms with van der Waals surface area (Å²) in [5, 5.41) is 0. The molecule has 0 bridgehead atoms. The van der Waals surface area contributed by atoms with Crippen LogP contribution in [-0.4, -0.2) is 60.0 Å². The third-order valence-corrected chi connectivity index (χ3v) is 5.81. The smallest absolute Gasteiger partial charge is 0.356 e. The van der Waals surface area contributed by atoms with Gasteiger partial charge >= 0.3 is 6.18 Å². The fourth-order valence-electron chi connectivity index (χ4n) is 4.14. The number of carbonyl (C=O) groups is 1. The van der Waals surface area contributed by atoms with Gasteiger partial charge in [-0.3, -0.25) is 4.79 Å². The Labute approximate surface area is 179 Å². The molecule has 0 unspecified atom stereocenters. The van der Waals surface area contributed by atoms with Gasteiger partial charge in [-0.05, 0) is 31.4 Å². The Bertz CT molecular complexity index is 935. The summed E-state index contributed by atoms with van der Waals surface area (Å²) in [6.07, 6.45) is -2.10. The number of piperazine rings is 1. The monoisotopic (exact) mass is 433 g/mol. The van der Waals surface area contributed by atoms with E-state index >= 15 is 0 Å². The van der Waals surface area contributed by atoms with Gasteiger partial charge in [-0.1, -0.05) is 18.2 Å². The van der Waals surface area contributed by atoms with Crippen molar-refractivity contribution in [2.45, 2.75) is 32.4 Å². The molecule has 2 aliphatic heterocycles. The van der Waals surface area contributed by atoms with Gasteiger partial charge < -0.3 is 14.7 Å². The molecule has 2 fully saturated rings. The predicted octanol–water partition coefficient (Wildman–Crippen LogP) is 3.30. The summed E-state index contributed by atoms with van der Waals surface area (Å²) in [4.78, 5) is 27.9. The number of hydrogen-bond donors (Lipinski definition) is 0. The van der Waals surface area contributed by atoms with Crippen molar-refractivity contribution in [1.29, 1.82) is 0 Å². The van der Waals surface area contributed by atoms with Crippen LogP contribution in [0.15, 0.2) is 30.3 Å². The first-order valence-electron chi connectivity index (χ1n) is 10.6.